The highest BCUT2D eigenvalue weighted by Gasteiger charge is 2.11. The Labute approximate surface area is 112 Å². The minimum atomic E-state index is 0.552. The molecule has 3 rings (SSSR count). The Morgan fingerprint density at radius 2 is 1.72 bits per heavy atom. The van der Waals surface area contributed by atoms with Crippen LogP contribution in [0.25, 0.3) is 21.0 Å². The van der Waals surface area contributed by atoms with Crippen molar-refractivity contribution in [2.24, 2.45) is 0 Å². The average molecular weight is 257 g/mol. The molecular formula is C16H19NS. The molecule has 1 nitrogen and oxygen atoms in total. The Balaban J connectivity index is 2.30. The molecular weight excluding hydrogens is 238 g/mol. The fourth-order valence-corrected chi connectivity index (χ4v) is 3.44. The number of benzene rings is 1. The highest BCUT2D eigenvalue weighted by atomic mass is 32.1. The van der Waals surface area contributed by atoms with E-state index in [9.17, 15) is 0 Å². The Bertz CT molecular complexity index is 639. The van der Waals surface area contributed by atoms with Crippen LogP contribution in [-0.2, 0) is 0 Å². The van der Waals surface area contributed by atoms with E-state index >= 15 is 0 Å². The number of rotatable bonds is 2. The highest BCUT2D eigenvalue weighted by Crippen LogP contribution is 2.36. The van der Waals surface area contributed by atoms with Crippen molar-refractivity contribution in [1.82, 2.24) is 4.98 Å². The summed E-state index contributed by atoms with van der Waals surface area (Å²) >= 11 is 1.92. The van der Waals surface area contributed by atoms with Crippen LogP contribution in [0.5, 0.6) is 0 Å². The van der Waals surface area contributed by atoms with E-state index in [1.165, 1.54) is 31.6 Å². The lowest BCUT2D eigenvalue weighted by Crippen LogP contribution is -1.84. The second kappa shape index (κ2) is 4.13. The summed E-state index contributed by atoms with van der Waals surface area (Å²) in [4.78, 5) is 5.01. The third-order valence-corrected chi connectivity index (χ3v) is 4.93. The van der Waals surface area contributed by atoms with Crippen molar-refractivity contribution in [2.75, 3.05) is 0 Å². The molecule has 0 saturated carbocycles. The maximum Gasteiger partial charge on any atom is 0.0463 e. The third kappa shape index (κ3) is 1.76. The summed E-state index contributed by atoms with van der Waals surface area (Å²) in [5, 5.41) is 2.78. The molecule has 2 heteroatoms. The van der Waals surface area contributed by atoms with Crippen molar-refractivity contribution in [3.8, 4) is 0 Å². The van der Waals surface area contributed by atoms with E-state index in [1.807, 2.05) is 11.3 Å². The molecule has 0 radical (unpaired) electrons. The van der Waals surface area contributed by atoms with Crippen LogP contribution in [0.2, 0.25) is 0 Å². The van der Waals surface area contributed by atoms with Crippen molar-refractivity contribution >= 4 is 32.3 Å². The molecule has 0 aliphatic heterocycles. The Kier molecular flexibility index (Phi) is 2.70. The normalized spacial score (nSPS) is 12.3. The van der Waals surface area contributed by atoms with E-state index in [0.29, 0.717) is 11.8 Å². The second-order valence-corrected chi connectivity index (χ2v) is 6.74. The van der Waals surface area contributed by atoms with Gasteiger partial charge in [-0.3, -0.25) is 0 Å². The van der Waals surface area contributed by atoms with Crippen LogP contribution in [-0.4, -0.2) is 4.98 Å². The molecule has 2 aromatic heterocycles. The number of aromatic amines is 1. The molecule has 0 saturated heterocycles. The van der Waals surface area contributed by atoms with Crippen molar-refractivity contribution < 1.29 is 0 Å². The molecule has 1 aromatic carbocycles. The number of aromatic nitrogens is 1. The summed E-state index contributed by atoms with van der Waals surface area (Å²) in [5.41, 5.74) is 2.59. The standard InChI is InChI=1S/C16H19NS/c1-9(2)14-7-11-12-8-16(10(3)4)18-15(12)6-5-13(11)17-14/h5-10,17H,1-4H3. The van der Waals surface area contributed by atoms with Gasteiger partial charge in [-0.15, -0.1) is 11.3 Å². The molecule has 0 aliphatic rings. The Morgan fingerprint density at radius 3 is 2.39 bits per heavy atom. The highest BCUT2D eigenvalue weighted by molar-refractivity contribution is 7.19. The molecule has 94 valence electrons. The first-order valence-electron chi connectivity index (χ1n) is 6.61. The van der Waals surface area contributed by atoms with Gasteiger partial charge in [0.25, 0.3) is 0 Å². The van der Waals surface area contributed by atoms with Crippen LogP contribution >= 0.6 is 11.3 Å². The quantitative estimate of drug-likeness (QED) is 0.612. The minimum Gasteiger partial charge on any atom is -0.358 e. The van der Waals surface area contributed by atoms with Gasteiger partial charge in [0, 0.05) is 31.6 Å². The SMILES string of the molecule is CC(C)c1cc2c(ccc3sc(C(C)C)cc32)[nH]1. The van der Waals surface area contributed by atoms with Gasteiger partial charge in [0.15, 0.2) is 0 Å². The summed E-state index contributed by atoms with van der Waals surface area (Å²) in [6, 6.07) is 9.14. The average Bonchev–Trinajstić information content (AvgIpc) is 2.91. The molecule has 18 heavy (non-hydrogen) atoms. The number of nitrogens with one attached hydrogen (secondary N) is 1. The maximum absolute atomic E-state index is 3.53. The van der Waals surface area contributed by atoms with Gasteiger partial charge in [-0.25, -0.2) is 0 Å². The molecule has 3 aromatic rings. The number of hydrogen-bond donors (Lipinski definition) is 1. The van der Waals surface area contributed by atoms with Gasteiger partial charge in [-0.05, 0) is 36.1 Å². The molecule has 0 unspecified atom stereocenters. The van der Waals surface area contributed by atoms with Crippen LogP contribution in [0.4, 0.5) is 0 Å². The van der Waals surface area contributed by atoms with E-state index in [-0.39, 0.29) is 0 Å². The van der Waals surface area contributed by atoms with Gasteiger partial charge in [-0.1, -0.05) is 27.7 Å². The zero-order valence-electron chi connectivity index (χ0n) is 11.4. The number of fused-ring (bicyclic) bond motifs is 3. The molecule has 0 amide bonds. The first-order chi connectivity index (χ1) is 8.56. The zero-order chi connectivity index (χ0) is 12.9. The lowest BCUT2D eigenvalue weighted by molar-refractivity contribution is 0.836. The molecule has 2 heterocycles. The first kappa shape index (κ1) is 11.8. The molecule has 0 bridgehead atoms. The second-order valence-electron chi connectivity index (χ2n) is 5.62. The van der Waals surface area contributed by atoms with Crippen LogP contribution in [0.3, 0.4) is 0 Å². The van der Waals surface area contributed by atoms with Crippen molar-refractivity contribution in [2.45, 2.75) is 39.5 Å². The van der Waals surface area contributed by atoms with Crippen molar-refractivity contribution in [3.05, 3.63) is 34.8 Å². The molecule has 0 fully saturated rings. The Hall–Kier alpha value is -1.28. The van der Waals surface area contributed by atoms with E-state index in [1.54, 1.807) is 0 Å². The van der Waals surface area contributed by atoms with Gasteiger partial charge in [0.05, 0.1) is 0 Å². The van der Waals surface area contributed by atoms with E-state index in [4.69, 9.17) is 0 Å². The fraction of sp³-hybridized carbons (Fsp3) is 0.375. The largest absolute Gasteiger partial charge is 0.358 e. The zero-order valence-corrected chi connectivity index (χ0v) is 12.2. The first-order valence-corrected chi connectivity index (χ1v) is 7.43. The van der Waals surface area contributed by atoms with E-state index in [2.05, 4.69) is 56.9 Å². The summed E-state index contributed by atoms with van der Waals surface area (Å²) in [7, 11) is 0. The van der Waals surface area contributed by atoms with Gasteiger partial charge in [0.1, 0.15) is 0 Å². The predicted octanol–water partition coefficient (Wildman–Crippen LogP) is 5.63. The van der Waals surface area contributed by atoms with Crippen LogP contribution in [0.1, 0.15) is 50.1 Å². The third-order valence-electron chi connectivity index (χ3n) is 3.53. The number of thiophene rings is 1. The summed E-state index contributed by atoms with van der Waals surface area (Å²) in [5.74, 6) is 1.16. The summed E-state index contributed by atoms with van der Waals surface area (Å²) in [6.45, 7) is 8.99. The maximum atomic E-state index is 3.53. The fourth-order valence-electron chi connectivity index (χ4n) is 2.36. The number of hydrogen-bond acceptors (Lipinski definition) is 1. The molecule has 0 aliphatic carbocycles. The summed E-state index contributed by atoms with van der Waals surface area (Å²) in [6.07, 6.45) is 0. The van der Waals surface area contributed by atoms with Crippen LogP contribution in [0.15, 0.2) is 24.3 Å². The molecule has 0 spiro atoms. The van der Waals surface area contributed by atoms with Gasteiger partial charge in [-0.2, -0.15) is 0 Å². The summed E-state index contributed by atoms with van der Waals surface area (Å²) < 4.78 is 1.40. The van der Waals surface area contributed by atoms with Crippen LogP contribution in [0, 0.1) is 0 Å². The predicted molar refractivity (Wildman–Crippen MR) is 81.9 cm³/mol. The lowest BCUT2D eigenvalue weighted by atomic mass is 10.1. The molecule has 0 atom stereocenters. The monoisotopic (exact) mass is 257 g/mol. The Morgan fingerprint density at radius 1 is 0.944 bits per heavy atom. The van der Waals surface area contributed by atoms with Gasteiger partial charge >= 0.3 is 0 Å². The lowest BCUT2D eigenvalue weighted by Gasteiger charge is -1.97. The number of H-pyrrole nitrogens is 1. The van der Waals surface area contributed by atoms with E-state index in [0.717, 1.165) is 0 Å². The topological polar surface area (TPSA) is 15.8 Å². The van der Waals surface area contributed by atoms with E-state index < -0.39 is 0 Å². The molecule has 1 N–H and O–H groups in total. The minimum absolute atomic E-state index is 0.552. The van der Waals surface area contributed by atoms with Gasteiger partial charge in [0.2, 0.25) is 0 Å². The van der Waals surface area contributed by atoms with Gasteiger partial charge < -0.3 is 4.98 Å². The van der Waals surface area contributed by atoms with Crippen molar-refractivity contribution in [1.29, 1.82) is 0 Å². The smallest absolute Gasteiger partial charge is 0.0463 e. The van der Waals surface area contributed by atoms with Crippen molar-refractivity contribution in [3.63, 3.8) is 0 Å². The van der Waals surface area contributed by atoms with Crippen LogP contribution < -0.4 is 0 Å².